The van der Waals surface area contributed by atoms with Crippen LogP contribution in [0.4, 0.5) is 0 Å². The van der Waals surface area contributed by atoms with Crippen LogP contribution >= 0.6 is 11.3 Å². The predicted molar refractivity (Wildman–Crippen MR) is 89.5 cm³/mol. The lowest BCUT2D eigenvalue weighted by molar-refractivity contribution is 0.0950. The number of carbonyl (C=O) groups is 1. The second-order valence-electron chi connectivity index (χ2n) is 4.95. The van der Waals surface area contributed by atoms with E-state index in [1.807, 2.05) is 35.7 Å². The number of fused-ring (bicyclic) bond motifs is 1. The summed E-state index contributed by atoms with van der Waals surface area (Å²) in [5.74, 6) is 1.01. The number of hydrazone groups is 1. The van der Waals surface area contributed by atoms with Crippen LogP contribution < -0.4 is 14.9 Å². The number of H-pyrrole nitrogens is 1. The minimum absolute atomic E-state index is 0.218. The van der Waals surface area contributed by atoms with E-state index in [2.05, 4.69) is 20.7 Å². The fraction of sp³-hybridized carbons (Fsp3) is 0.0625. The summed E-state index contributed by atoms with van der Waals surface area (Å²) in [6.45, 7) is 0.218. The van der Waals surface area contributed by atoms with Crippen LogP contribution in [-0.4, -0.2) is 29.1 Å². The number of thiophene rings is 1. The second-order valence-corrected chi connectivity index (χ2v) is 5.93. The fourth-order valence-electron chi connectivity index (χ4n) is 2.22. The third-order valence-corrected chi connectivity index (χ3v) is 4.20. The van der Waals surface area contributed by atoms with Crippen LogP contribution in [0.5, 0.6) is 11.5 Å². The molecule has 24 heavy (non-hydrogen) atoms. The largest absolute Gasteiger partial charge is 0.454 e. The second kappa shape index (κ2) is 6.17. The van der Waals surface area contributed by atoms with Crippen molar-refractivity contribution in [3.05, 3.63) is 52.3 Å². The Balaban J connectivity index is 1.47. The predicted octanol–water partition coefficient (Wildman–Crippen LogP) is 2.63. The molecule has 0 spiro atoms. The highest BCUT2D eigenvalue weighted by Crippen LogP contribution is 2.35. The molecule has 3 aromatic rings. The van der Waals surface area contributed by atoms with E-state index in [-0.39, 0.29) is 12.7 Å². The SMILES string of the molecule is O=C(N/N=C/c1cccs1)c1cc(-c2ccc3c(c2)OCO3)n[nH]1. The van der Waals surface area contributed by atoms with Crippen LogP contribution in [0, 0.1) is 0 Å². The first-order valence-corrected chi connectivity index (χ1v) is 8.00. The normalized spacial score (nSPS) is 12.7. The zero-order valence-electron chi connectivity index (χ0n) is 12.4. The number of carbonyl (C=O) groups excluding carboxylic acids is 1. The summed E-state index contributed by atoms with van der Waals surface area (Å²) in [6, 6.07) is 11.0. The van der Waals surface area contributed by atoms with Gasteiger partial charge in [-0.05, 0) is 35.7 Å². The number of ether oxygens (including phenoxy) is 2. The maximum Gasteiger partial charge on any atom is 0.289 e. The molecule has 2 aromatic heterocycles. The van der Waals surface area contributed by atoms with Gasteiger partial charge in [-0.25, -0.2) is 5.43 Å². The third-order valence-electron chi connectivity index (χ3n) is 3.39. The molecule has 7 nitrogen and oxygen atoms in total. The Bertz CT molecular complexity index is 902. The molecule has 0 fully saturated rings. The molecule has 4 rings (SSSR count). The highest BCUT2D eigenvalue weighted by atomic mass is 32.1. The Morgan fingerprint density at radius 3 is 3.08 bits per heavy atom. The molecule has 0 saturated carbocycles. The van der Waals surface area contributed by atoms with Gasteiger partial charge in [0.15, 0.2) is 11.5 Å². The summed E-state index contributed by atoms with van der Waals surface area (Å²) in [6.07, 6.45) is 1.59. The van der Waals surface area contributed by atoms with Gasteiger partial charge in [0, 0.05) is 10.4 Å². The first-order valence-electron chi connectivity index (χ1n) is 7.12. The van der Waals surface area contributed by atoms with Gasteiger partial charge in [0.1, 0.15) is 5.69 Å². The van der Waals surface area contributed by atoms with Crippen LogP contribution in [0.15, 0.2) is 46.9 Å². The van der Waals surface area contributed by atoms with Gasteiger partial charge in [-0.2, -0.15) is 10.2 Å². The lowest BCUT2D eigenvalue weighted by atomic mass is 10.1. The molecule has 2 N–H and O–H groups in total. The van der Waals surface area contributed by atoms with Crippen LogP contribution in [0.2, 0.25) is 0 Å². The fourth-order valence-corrected chi connectivity index (χ4v) is 2.81. The summed E-state index contributed by atoms with van der Waals surface area (Å²) >= 11 is 1.54. The van der Waals surface area contributed by atoms with E-state index >= 15 is 0 Å². The molecule has 0 radical (unpaired) electrons. The van der Waals surface area contributed by atoms with Crippen molar-refractivity contribution in [1.29, 1.82) is 0 Å². The van der Waals surface area contributed by atoms with Crippen molar-refractivity contribution < 1.29 is 14.3 Å². The van der Waals surface area contributed by atoms with Crippen molar-refractivity contribution in [3.63, 3.8) is 0 Å². The van der Waals surface area contributed by atoms with E-state index in [4.69, 9.17) is 9.47 Å². The van der Waals surface area contributed by atoms with E-state index < -0.39 is 0 Å². The molecule has 1 aliphatic rings. The quantitative estimate of drug-likeness (QED) is 0.564. The number of amides is 1. The molecule has 0 unspecified atom stereocenters. The van der Waals surface area contributed by atoms with Crippen LogP contribution in [0.25, 0.3) is 11.3 Å². The molecule has 1 aliphatic heterocycles. The lowest BCUT2D eigenvalue weighted by Crippen LogP contribution is -2.17. The molecular weight excluding hydrogens is 328 g/mol. The van der Waals surface area contributed by atoms with Crippen LogP contribution in [0.3, 0.4) is 0 Å². The van der Waals surface area contributed by atoms with Crippen LogP contribution in [-0.2, 0) is 0 Å². The van der Waals surface area contributed by atoms with Gasteiger partial charge in [0.05, 0.1) is 11.9 Å². The number of nitrogens with zero attached hydrogens (tertiary/aromatic N) is 2. The van der Waals surface area contributed by atoms with Gasteiger partial charge in [0.2, 0.25) is 6.79 Å². The minimum Gasteiger partial charge on any atom is -0.454 e. The Labute approximate surface area is 140 Å². The number of aromatic nitrogens is 2. The Morgan fingerprint density at radius 2 is 2.21 bits per heavy atom. The molecule has 0 saturated heterocycles. The van der Waals surface area contributed by atoms with Crippen molar-refractivity contribution >= 4 is 23.5 Å². The van der Waals surface area contributed by atoms with Crippen molar-refractivity contribution in [1.82, 2.24) is 15.6 Å². The minimum atomic E-state index is -0.359. The number of aromatic amines is 1. The van der Waals surface area contributed by atoms with E-state index in [9.17, 15) is 4.79 Å². The summed E-state index contributed by atoms with van der Waals surface area (Å²) in [7, 11) is 0. The first kappa shape index (κ1) is 14.5. The molecule has 0 bridgehead atoms. The summed E-state index contributed by atoms with van der Waals surface area (Å²) < 4.78 is 10.6. The Hall–Kier alpha value is -3.13. The highest BCUT2D eigenvalue weighted by molar-refractivity contribution is 7.11. The van der Waals surface area contributed by atoms with Crippen molar-refractivity contribution in [3.8, 4) is 22.8 Å². The third kappa shape index (κ3) is 2.86. The smallest absolute Gasteiger partial charge is 0.289 e. The summed E-state index contributed by atoms with van der Waals surface area (Å²) in [5.41, 5.74) is 4.26. The Kier molecular flexibility index (Phi) is 3.72. The number of nitrogens with one attached hydrogen (secondary N) is 2. The van der Waals surface area contributed by atoms with E-state index in [1.165, 1.54) is 11.3 Å². The maximum atomic E-state index is 12.1. The van der Waals surface area contributed by atoms with Crippen molar-refractivity contribution in [2.45, 2.75) is 0 Å². The van der Waals surface area contributed by atoms with Crippen molar-refractivity contribution in [2.75, 3.05) is 6.79 Å². The van der Waals surface area contributed by atoms with Gasteiger partial charge >= 0.3 is 0 Å². The summed E-state index contributed by atoms with van der Waals surface area (Å²) in [4.78, 5) is 13.0. The lowest BCUT2D eigenvalue weighted by Gasteiger charge is -1.98. The maximum absolute atomic E-state index is 12.1. The average Bonchev–Trinajstić information content (AvgIpc) is 3.34. The summed E-state index contributed by atoms with van der Waals surface area (Å²) in [5, 5.41) is 12.7. The zero-order valence-corrected chi connectivity index (χ0v) is 13.2. The van der Waals surface area contributed by atoms with Crippen molar-refractivity contribution in [2.24, 2.45) is 5.10 Å². The van der Waals surface area contributed by atoms with Gasteiger partial charge in [0.25, 0.3) is 5.91 Å². The highest BCUT2D eigenvalue weighted by Gasteiger charge is 2.16. The molecule has 0 aliphatic carbocycles. The molecule has 0 atom stereocenters. The van der Waals surface area contributed by atoms with Gasteiger partial charge in [-0.3, -0.25) is 9.89 Å². The first-order chi connectivity index (χ1) is 11.8. The number of rotatable bonds is 4. The molecule has 8 heteroatoms. The van der Waals surface area contributed by atoms with Gasteiger partial charge < -0.3 is 9.47 Å². The zero-order chi connectivity index (χ0) is 16.4. The molecular formula is C16H12N4O3S. The average molecular weight is 340 g/mol. The molecule has 1 aromatic carbocycles. The topological polar surface area (TPSA) is 88.6 Å². The molecule has 1 amide bonds. The number of hydrogen-bond donors (Lipinski definition) is 2. The molecule has 120 valence electrons. The monoisotopic (exact) mass is 340 g/mol. The molecule has 3 heterocycles. The van der Waals surface area contributed by atoms with Crippen LogP contribution in [0.1, 0.15) is 15.4 Å². The Morgan fingerprint density at radius 1 is 1.29 bits per heavy atom. The van der Waals surface area contributed by atoms with E-state index in [1.54, 1.807) is 12.3 Å². The van der Waals surface area contributed by atoms with Gasteiger partial charge in [-0.1, -0.05) is 6.07 Å². The standard InChI is InChI=1S/C16H12N4O3S/c21-16(20-17-8-11-2-1-5-24-11)13-7-12(18-19-13)10-3-4-14-15(6-10)23-9-22-14/h1-8H,9H2,(H,18,19)(H,20,21)/b17-8+. The van der Waals surface area contributed by atoms with E-state index in [0.717, 1.165) is 10.4 Å². The number of benzene rings is 1. The van der Waals surface area contributed by atoms with E-state index in [0.29, 0.717) is 22.9 Å². The van der Waals surface area contributed by atoms with Gasteiger partial charge in [-0.15, -0.1) is 11.3 Å². The number of hydrogen-bond acceptors (Lipinski definition) is 6.